The van der Waals surface area contributed by atoms with Gasteiger partial charge in [-0.05, 0) is 19.8 Å². The molecule has 0 aliphatic carbocycles. The molecular formula is C15H26N4O3S2. The molecule has 2 rings (SSSR count). The highest BCUT2D eigenvalue weighted by Crippen LogP contribution is 2.22. The monoisotopic (exact) mass is 374 g/mol. The predicted molar refractivity (Wildman–Crippen MR) is 95.5 cm³/mol. The molecule has 24 heavy (non-hydrogen) atoms. The third-order valence-corrected chi connectivity index (χ3v) is 7.24. The molecule has 1 aliphatic heterocycles. The van der Waals surface area contributed by atoms with E-state index in [1.165, 1.54) is 34.0 Å². The Bertz CT molecular complexity index is 677. The predicted octanol–water partition coefficient (Wildman–Crippen LogP) is 1.36. The third kappa shape index (κ3) is 4.14. The molecule has 0 spiro atoms. The fraction of sp³-hybridized carbons (Fsp3) is 0.733. The highest BCUT2D eigenvalue weighted by molar-refractivity contribution is 7.86. The number of hydrogen-bond acceptors (Lipinski definition) is 5. The van der Waals surface area contributed by atoms with Crippen molar-refractivity contribution < 1.29 is 13.2 Å². The lowest BCUT2D eigenvalue weighted by Crippen LogP contribution is -2.53. The summed E-state index contributed by atoms with van der Waals surface area (Å²) in [5.41, 5.74) is 0.777. The average molecular weight is 375 g/mol. The van der Waals surface area contributed by atoms with Crippen molar-refractivity contribution in [1.29, 1.82) is 0 Å². The van der Waals surface area contributed by atoms with Crippen LogP contribution in [-0.2, 0) is 16.6 Å². The van der Waals surface area contributed by atoms with Gasteiger partial charge in [-0.1, -0.05) is 13.3 Å². The minimum atomic E-state index is -3.41. The van der Waals surface area contributed by atoms with E-state index in [0.717, 1.165) is 30.0 Å². The second-order valence-corrected chi connectivity index (χ2v) is 9.33. The van der Waals surface area contributed by atoms with E-state index in [2.05, 4.69) is 11.9 Å². The van der Waals surface area contributed by atoms with Crippen LogP contribution < -0.4 is 0 Å². The van der Waals surface area contributed by atoms with Crippen molar-refractivity contribution >= 4 is 27.5 Å². The van der Waals surface area contributed by atoms with Gasteiger partial charge in [-0.3, -0.25) is 4.79 Å². The van der Waals surface area contributed by atoms with Crippen LogP contribution in [0.25, 0.3) is 0 Å². The molecular weight excluding hydrogens is 348 g/mol. The maximum absolute atomic E-state index is 12.7. The van der Waals surface area contributed by atoms with Crippen LogP contribution in [0.3, 0.4) is 0 Å². The average Bonchev–Trinajstić information content (AvgIpc) is 2.93. The van der Waals surface area contributed by atoms with E-state index in [1.807, 2.05) is 6.92 Å². The second kappa shape index (κ2) is 7.90. The Labute approximate surface area is 148 Å². The second-order valence-electron chi connectivity index (χ2n) is 6.11. The first kappa shape index (κ1) is 19.3. The molecule has 0 radical (unpaired) electrons. The normalized spacial score (nSPS) is 16.8. The van der Waals surface area contributed by atoms with Gasteiger partial charge in [-0.15, -0.1) is 11.3 Å². The molecule has 0 saturated carbocycles. The topological polar surface area (TPSA) is 73.8 Å². The molecule has 0 atom stereocenters. The summed E-state index contributed by atoms with van der Waals surface area (Å²) in [6.07, 6.45) is 3.08. The molecule has 136 valence electrons. The van der Waals surface area contributed by atoms with Crippen LogP contribution in [0.15, 0.2) is 0 Å². The van der Waals surface area contributed by atoms with Crippen LogP contribution in [-0.4, -0.2) is 73.1 Å². The summed E-state index contributed by atoms with van der Waals surface area (Å²) in [6, 6.07) is 0. The van der Waals surface area contributed by atoms with Gasteiger partial charge in [0, 0.05) is 40.3 Å². The van der Waals surface area contributed by atoms with Crippen molar-refractivity contribution in [3.05, 3.63) is 15.6 Å². The van der Waals surface area contributed by atoms with Gasteiger partial charge in [0.25, 0.3) is 16.1 Å². The van der Waals surface area contributed by atoms with Gasteiger partial charge in [-0.2, -0.15) is 17.0 Å². The van der Waals surface area contributed by atoms with Gasteiger partial charge in [0.2, 0.25) is 0 Å². The molecule has 1 aliphatic rings. The van der Waals surface area contributed by atoms with E-state index in [0.29, 0.717) is 31.1 Å². The number of carbonyl (C=O) groups excluding carboxylic acids is 1. The molecule has 0 unspecified atom stereocenters. The number of aromatic nitrogens is 1. The zero-order chi connectivity index (χ0) is 17.9. The molecule has 1 aromatic rings. The Morgan fingerprint density at radius 3 is 2.42 bits per heavy atom. The number of thiazole rings is 1. The number of piperazine rings is 1. The van der Waals surface area contributed by atoms with Crippen LogP contribution in [0.4, 0.5) is 0 Å². The Kier molecular flexibility index (Phi) is 6.35. The fourth-order valence-electron chi connectivity index (χ4n) is 2.58. The van der Waals surface area contributed by atoms with E-state index in [9.17, 15) is 13.2 Å². The lowest BCUT2D eigenvalue weighted by Gasteiger charge is -2.35. The lowest BCUT2D eigenvalue weighted by molar-refractivity contribution is 0.0699. The molecule has 1 saturated heterocycles. The third-order valence-electron chi connectivity index (χ3n) is 4.09. The lowest BCUT2D eigenvalue weighted by atomic mass is 10.2. The summed E-state index contributed by atoms with van der Waals surface area (Å²) in [6.45, 7) is 5.47. The minimum absolute atomic E-state index is 0.0327. The quantitative estimate of drug-likeness (QED) is 0.754. The summed E-state index contributed by atoms with van der Waals surface area (Å²) >= 11 is 1.47. The Morgan fingerprint density at radius 1 is 1.25 bits per heavy atom. The van der Waals surface area contributed by atoms with E-state index >= 15 is 0 Å². The van der Waals surface area contributed by atoms with Gasteiger partial charge in [0.1, 0.15) is 4.88 Å². The van der Waals surface area contributed by atoms with Crippen LogP contribution in [0.2, 0.25) is 0 Å². The Morgan fingerprint density at radius 2 is 1.88 bits per heavy atom. The molecule has 1 aromatic heterocycles. The summed E-state index contributed by atoms with van der Waals surface area (Å²) in [4.78, 5) is 19.6. The van der Waals surface area contributed by atoms with Crippen molar-refractivity contribution in [3.8, 4) is 0 Å². The van der Waals surface area contributed by atoms with Crippen LogP contribution >= 0.6 is 11.3 Å². The van der Waals surface area contributed by atoms with Crippen molar-refractivity contribution in [3.63, 3.8) is 0 Å². The fourth-order valence-corrected chi connectivity index (χ4v) is 4.74. The SMILES string of the molecule is CCCCc1nc(C)c(C(=O)N2CCN(S(=O)(=O)N(C)C)CC2)s1. The summed E-state index contributed by atoms with van der Waals surface area (Å²) in [5.74, 6) is -0.0327. The van der Waals surface area contributed by atoms with Gasteiger partial charge in [0.05, 0.1) is 10.7 Å². The summed E-state index contributed by atoms with van der Waals surface area (Å²) in [7, 11) is -0.371. The number of amides is 1. The standard InChI is InChI=1S/C15H26N4O3S2/c1-5-6-7-13-16-12(2)14(23-13)15(20)18-8-10-19(11-9-18)24(21,22)17(3)4/h5-11H2,1-4H3. The van der Waals surface area contributed by atoms with Gasteiger partial charge in [0.15, 0.2) is 0 Å². The van der Waals surface area contributed by atoms with Crippen molar-refractivity contribution in [2.24, 2.45) is 0 Å². The maximum Gasteiger partial charge on any atom is 0.281 e. The molecule has 2 heterocycles. The number of nitrogens with zero attached hydrogens (tertiary/aromatic N) is 4. The van der Waals surface area contributed by atoms with Crippen molar-refractivity contribution in [2.45, 2.75) is 33.1 Å². The smallest absolute Gasteiger partial charge is 0.281 e. The number of carbonyl (C=O) groups is 1. The first-order chi connectivity index (χ1) is 11.3. The number of rotatable bonds is 6. The van der Waals surface area contributed by atoms with Crippen molar-refractivity contribution in [2.75, 3.05) is 40.3 Å². The van der Waals surface area contributed by atoms with Gasteiger partial charge < -0.3 is 4.90 Å². The van der Waals surface area contributed by atoms with E-state index in [-0.39, 0.29) is 5.91 Å². The van der Waals surface area contributed by atoms with E-state index < -0.39 is 10.2 Å². The maximum atomic E-state index is 12.7. The minimum Gasteiger partial charge on any atom is -0.335 e. The number of aryl methyl sites for hydroxylation is 2. The summed E-state index contributed by atoms with van der Waals surface area (Å²) in [5, 5.41) is 1.01. The first-order valence-corrected chi connectivity index (χ1v) is 10.4. The zero-order valence-corrected chi connectivity index (χ0v) is 16.4. The van der Waals surface area contributed by atoms with Crippen molar-refractivity contribution in [1.82, 2.24) is 18.5 Å². The molecule has 9 heteroatoms. The molecule has 0 aromatic carbocycles. The highest BCUT2D eigenvalue weighted by Gasteiger charge is 2.31. The molecule has 1 fully saturated rings. The van der Waals surface area contributed by atoms with Crippen LogP contribution in [0.5, 0.6) is 0 Å². The molecule has 7 nitrogen and oxygen atoms in total. The summed E-state index contributed by atoms with van der Waals surface area (Å²) < 4.78 is 26.9. The van der Waals surface area contributed by atoms with Gasteiger partial charge in [-0.25, -0.2) is 4.98 Å². The van der Waals surface area contributed by atoms with Crippen LogP contribution in [0.1, 0.15) is 40.1 Å². The molecule has 1 amide bonds. The Hall–Kier alpha value is -1.03. The van der Waals surface area contributed by atoms with E-state index in [4.69, 9.17) is 0 Å². The molecule has 0 N–H and O–H groups in total. The van der Waals surface area contributed by atoms with E-state index in [1.54, 1.807) is 4.90 Å². The van der Waals surface area contributed by atoms with Crippen LogP contribution in [0, 0.1) is 6.92 Å². The number of unbranched alkanes of at least 4 members (excludes halogenated alkanes) is 1. The Balaban J connectivity index is 2.02. The number of hydrogen-bond donors (Lipinski definition) is 0. The first-order valence-electron chi connectivity index (χ1n) is 8.20. The zero-order valence-electron chi connectivity index (χ0n) is 14.8. The highest BCUT2D eigenvalue weighted by atomic mass is 32.2. The van der Waals surface area contributed by atoms with Gasteiger partial charge >= 0.3 is 0 Å². The molecule has 0 bridgehead atoms. The largest absolute Gasteiger partial charge is 0.335 e.